The van der Waals surface area contributed by atoms with Crippen LogP contribution in [0.1, 0.15) is 46.5 Å². The van der Waals surface area contributed by atoms with Crippen LogP contribution in [-0.2, 0) is 14.3 Å². The SMILES string of the molecule is COC(=O)C1CC(N(C)C(C)(C)C)CCC1N1CC[C@H](Nc2ncnc3ccc(OC(F)(F)F)cc23)C1=O. The number of aromatic nitrogens is 2. The molecular weight excluding hydrogens is 503 g/mol. The van der Waals surface area contributed by atoms with Crippen LogP contribution in [0.2, 0.25) is 0 Å². The van der Waals surface area contributed by atoms with E-state index in [1.807, 2.05) is 0 Å². The third kappa shape index (κ3) is 5.95. The Hall–Kier alpha value is -3.15. The van der Waals surface area contributed by atoms with Crippen LogP contribution >= 0.6 is 0 Å². The van der Waals surface area contributed by atoms with Crippen molar-refractivity contribution in [2.45, 2.75) is 76.5 Å². The maximum Gasteiger partial charge on any atom is 0.573 e. The molecule has 0 radical (unpaired) electrons. The summed E-state index contributed by atoms with van der Waals surface area (Å²) >= 11 is 0. The molecule has 1 aliphatic heterocycles. The van der Waals surface area contributed by atoms with E-state index in [0.29, 0.717) is 36.7 Å². The average Bonchev–Trinajstić information content (AvgIpc) is 3.21. The Morgan fingerprint density at radius 2 is 1.89 bits per heavy atom. The molecule has 2 aromatic rings. The van der Waals surface area contributed by atoms with Crippen LogP contribution in [0, 0.1) is 5.92 Å². The van der Waals surface area contributed by atoms with Crippen LogP contribution in [-0.4, -0.2) is 82.4 Å². The largest absolute Gasteiger partial charge is 0.573 e. The molecule has 1 amide bonds. The maximum absolute atomic E-state index is 13.5. The third-order valence-electron chi connectivity index (χ3n) is 7.69. The Balaban J connectivity index is 1.52. The van der Waals surface area contributed by atoms with Crippen molar-refractivity contribution in [2.75, 3.05) is 26.0 Å². The highest BCUT2D eigenvalue weighted by molar-refractivity contribution is 5.93. The van der Waals surface area contributed by atoms with Crippen molar-refractivity contribution in [2.24, 2.45) is 5.92 Å². The predicted molar refractivity (Wildman–Crippen MR) is 134 cm³/mol. The van der Waals surface area contributed by atoms with E-state index >= 15 is 0 Å². The van der Waals surface area contributed by atoms with Gasteiger partial charge in [-0.3, -0.25) is 14.5 Å². The van der Waals surface area contributed by atoms with Crippen LogP contribution < -0.4 is 10.1 Å². The van der Waals surface area contributed by atoms with Gasteiger partial charge in [0, 0.05) is 29.6 Å². The van der Waals surface area contributed by atoms with Crippen LogP contribution in [0.5, 0.6) is 5.75 Å². The zero-order chi connectivity index (χ0) is 27.8. The second-order valence-corrected chi connectivity index (χ2v) is 10.9. The van der Waals surface area contributed by atoms with E-state index in [2.05, 4.69) is 52.7 Å². The van der Waals surface area contributed by atoms with Gasteiger partial charge in [0.15, 0.2) is 0 Å². The number of esters is 1. The number of amides is 1. The second kappa shape index (κ2) is 10.5. The summed E-state index contributed by atoms with van der Waals surface area (Å²) in [5.41, 5.74) is 0.341. The number of alkyl halides is 3. The van der Waals surface area contributed by atoms with Crippen LogP contribution in [0.3, 0.4) is 0 Å². The molecule has 208 valence electrons. The van der Waals surface area contributed by atoms with Crippen molar-refractivity contribution < 1.29 is 32.2 Å². The molecule has 2 fully saturated rings. The van der Waals surface area contributed by atoms with Gasteiger partial charge in [-0.15, -0.1) is 13.2 Å². The summed E-state index contributed by atoms with van der Waals surface area (Å²) < 4.78 is 47.3. The molecular formula is C26H34F3N5O4. The molecule has 4 atom stereocenters. The fourth-order valence-corrected chi connectivity index (χ4v) is 5.49. The Kier molecular flexibility index (Phi) is 7.74. The molecule has 12 heteroatoms. The highest BCUT2D eigenvalue weighted by Gasteiger charge is 2.46. The van der Waals surface area contributed by atoms with Crippen LogP contribution in [0.15, 0.2) is 24.5 Å². The van der Waals surface area contributed by atoms with Crippen molar-refractivity contribution in [3.8, 4) is 5.75 Å². The number of likely N-dealkylation sites (tertiary alicyclic amines) is 1. The van der Waals surface area contributed by atoms with Gasteiger partial charge in [-0.1, -0.05) is 0 Å². The number of ether oxygens (including phenoxy) is 2. The fraction of sp³-hybridized carbons (Fsp3) is 0.615. The highest BCUT2D eigenvalue weighted by Crippen LogP contribution is 2.37. The smallest absolute Gasteiger partial charge is 0.469 e. The molecule has 1 saturated heterocycles. The minimum absolute atomic E-state index is 0.0675. The first kappa shape index (κ1) is 27.9. The fourth-order valence-electron chi connectivity index (χ4n) is 5.49. The molecule has 0 spiro atoms. The summed E-state index contributed by atoms with van der Waals surface area (Å²) in [7, 11) is 3.42. The molecule has 1 aromatic heterocycles. The molecule has 1 aromatic carbocycles. The standard InChI is InChI=1S/C26H34F3N5O4/c1-25(2,3)33(4)15-6-9-21(18(12-15)24(36)37-5)34-11-10-20(23(34)35)32-22-17-13-16(38-26(27,28)29)7-8-19(17)30-14-31-22/h7-8,13-15,18,20-21H,6,9-12H2,1-5H3,(H,30,31,32)/t15?,18?,20-,21?/m0/s1. The number of anilines is 1. The molecule has 1 saturated carbocycles. The lowest BCUT2D eigenvalue weighted by molar-refractivity contribution is -0.274. The zero-order valence-corrected chi connectivity index (χ0v) is 22.2. The summed E-state index contributed by atoms with van der Waals surface area (Å²) in [4.78, 5) is 38.6. The molecule has 1 aliphatic carbocycles. The van der Waals surface area contributed by atoms with Gasteiger partial charge < -0.3 is 19.7 Å². The van der Waals surface area contributed by atoms with Crippen molar-refractivity contribution >= 4 is 28.6 Å². The minimum Gasteiger partial charge on any atom is -0.469 e. The van der Waals surface area contributed by atoms with Gasteiger partial charge in [-0.25, -0.2) is 9.97 Å². The lowest BCUT2D eigenvalue weighted by atomic mass is 9.79. The molecule has 4 rings (SSSR count). The van der Waals surface area contributed by atoms with Crippen molar-refractivity contribution in [1.29, 1.82) is 0 Å². The molecule has 1 N–H and O–H groups in total. The Labute approximate surface area is 219 Å². The number of carbonyl (C=O) groups is 2. The normalized spacial score (nSPS) is 24.7. The summed E-state index contributed by atoms with van der Waals surface area (Å²) in [5, 5.41) is 3.40. The van der Waals surface area contributed by atoms with E-state index in [1.165, 1.54) is 31.6 Å². The zero-order valence-electron chi connectivity index (χ0n) is 22.2. The molecule has 9 nitrogen and oxygen atoms in total. The first-order valence-electron chi connectivity index (χ1n) is 12.7. The first-order valence-corrected chi connectivity index (χ1v) is 12.7. The predicted octanol–water partition coefficient (Wildman–Crippen LogP) is 3.98. The first-order chi connectivity index (χ1) is 17.8. The average molecular weight is 538 g/mol. The van der Waals surface area contributed by atoms with E-state index in [-0.39, 0.29) is 35.3 Å². The Bertz CT molecular complexity index is 1190. The second-order valence-electron chi connectivity index (χ2n) is 10.9. The van der Waals surface area contributed by atoms with Gasteiger partial charge >= 0.3 is 12.3 Å². The van der Waals surface area contributed by atoms with E-state index in [1.54, 1.807) is 4.90 Å². The number of hydrogen-bond acceptors (Lipinski definition) is 8. The lowest BCUT2D eigenvalue weighted by Crippen LogP contribution is -2.55. The Morgan fingerprint density at radius 3 is 2.55 bits per heavy atom. The number of nitrogens with zero attached hydrogens (tertiary/aromatic N) is 4. The molecule has 2 aliphatic rings. The molecule has 38 heavy (non-hydrogen) atoms. The van der Waals surface area contributed by atoms with Gasteiger partial charge in [0.25, 0.3) is 0 Å². The monoisotopic (exact) mass is 537 g/mol. The summed E-state index contributed by atoms with van der Waals surface area (Å²) in [5.74, 6) is -1.12. The van der Waals surface area contributed by atoms with Crippen LogP contribution in [0.25, 0.3) is 10.9 Å². The van der Waals surface area contributed by atoms with E-state index in [0.717, 1.165) is 6.42 Å². The van der Waals surface area contributed by atoms with Crippen molar-refractivity contribution in [3.63, 3.8) is 0 Å². The van der Waals surface area contributed by atoms with Crippen LogP contribution in [0.4, 0.5) is 19.0 Å². The van der Waals surface area contributed by atoms with Gasteiger partial charge in [-0.05, 0) is 71.7 Å². The number of halogens is 3. The summed E-state index contributed by atoms with van der Waals surface area (Å²) in [6.45, 7) is 6.82. The van der Waals surface area contributed by atoms with Gasteiger partial charge in [0.2, 0.25) is 5.91 Å². The number of benzene rings is 1. The number of methoxy groups -OCH3 is 1. The highest BCUT2D eigenvalue weighted by atomic mass is 19.4. The number of hydrogen-bond donors (Lipinski definition) is 1. The number of fused-ring (bicyclic) bond motifs is 1. The van der Waals surface area contributed by atoms with Crippen molar-refractivity contribution in [1.82, 2.24) is 19.8 Å². The molecule has 2 heterocycles. The lowest BCUT2D eigenvalue weighted by Gasteiger charge is -2.46. The number of nitrogens with one attached hydrogen (secondary N) is 1. The van der Waals surface area contributed by atoms with Crippen molar-refractivity contribution in [3.05, 3.63) is 24.5 Å². The van der Waals surface area contributed by atoms with E-state index in [9.17, 15) is 22.8 Å². The summed E-state index contributed by atoms with van der Waals surface area (Å²) in [6, 6.07) is 3.02. The molecule has 3 unspecified atom stereocenters. The minimum atomic E-state index is -4.84. The summed E-state index contributed by atoms with van der Waals surface area (Å²) in [6.07, 6.45) is -1.00. The topological polar surface area (TPSA) is 96.9 Å². The number of rotatable bonds is 6. The quantitative estimate of drug-likeness (QED) is 0.553. The van der Waals surface area contributed by atoms with E-state index < -0.39 is 24.1 Å². The third-order valence-corrected chi connectivity index (χ3v) is 7.69. The maximum atomic E-state index is 13.5. The van der Waals surface area contributed by atoms with Gasteiger partial charge in [-0.2, -0.15) is 0 Å². The van der Waals surface area contributed by atoms with Gasteiger partial charge in [0.1, 0.15) is 23.9 Å². The van der Waals surface area contributed by atoms with Gasteiger partial charge in [0.05, 0.1) is 18.5 Å². The Morgan fingerprint density at radius 1 is 1.16 bits per heavy atom. The number of carbonyl (C=O) groups excluding carboxylic acids is 2. The molecule has 0 bridgehead atoms. The van der Waals surface area contributed by atoms with E-state index in [4.69, 9.17) is 4.74 Å².